The smallest absolute Gasteiger partial charge is 0.196 e. The standard InChI is InChI=1S/C19H16N4S2/c1-2-7-16(8-3-1)23-18(12-17-9-5-11-24-17)21-22-19(23)25-14-15-6-4-10-20-13-15/h1-11,13H,12,14H2. The molecule has 4 rings (SSSR count). The quantitative estimate of drug-likeness (QED) is 0.469. The van der Waals surface area contributed by atoms with Crippen molar-refractivity contribution in [2.24, 2.45) is 0 Å². The molecule has 0 spiro atoms. The summed E-state index contributed by atoms with van der Waals surface area (Å²) in [6.45, 7) is 0. The molecule has 0 N–H and O–H groups in total. The predicted octanol–water partition coefficient (Wildman–Crippen LogP) is 4.61. The van der Waals surface area contributed by atoms with E-state index in [2.05, 4.69) is 55.5 Å². The molecule has 0 aliphatic rings. The molecule has 25 heavy (non-hydrogen) atoms. The first-order valence-electron chi connectivity index (χ1n) is 7.94. The van der Waals surface area contributed by atoms with Crippen molar-refractivity contribution in [3.8, 4) is 5.69 Å². The second-order valence-electron chi connectivity index (χ2n) is 5.48. The van der Waals surface area contributed by atoms with E-state index in [4.69, 9.17) is 0 Å². The van der Waals surface area contributed by atoms with Crippen LogP contribution in [0.3, 0.4) is 0 Å². The van der Waals surface area contributed by atoms with Gasteiger partial charge in [0.15, 0.2) is 5.16 Å². The minimum atomic E-state index is 0.785. The molecule has 0 radical (unpaired) electrons. The maximum atomic E-state index is 4.46. The third kappa shape index (κ3) is 3.81. The fourth-order valence-electron chi connectivity index (χ4n) is 2.55. The van der Waals surface area contributed by atoms with Gasteiger partial charge in [-0.05, 0) is 35.2 Å². The van der Waals surface area contributed by atoms with Crippen molar-refractivity contribution in [3.05, 3.63) is 88.6 Å². The summed E-state index contributed by atoms with van der Waals surface area (Å²) in [4.78, 5) is 5.46. The van der Waals surface area contributed by atoms with Gasteiger partial charge >= 0.3 is 0 Å². The van der Waals surface area contributed by atoms with Gasteiger partial charge in [0.1, 0.15) is 5.82 Å². The molecule has 0 amide bonds. The summed E-state index contributed by atoms with van der Waals surface area (Å²) >= 11 is 3.43. The second-order valence-corrected chi connectivity index (χ2v) is 7.45. The fraction of sp³-hybridized carbons (Fsp3) is 0.105. The van der Waals surface area contributed by atoms with E-state index >= 15 is 0 Å². The lowest BCUT2D eigenvalue weighted by Gasteiger charge is -2.09. The van der Waals surface area contributed by atoms with Crippen LogP contribution in [0.5, 0.6) is 0 Å². The summed E-state index contributed by atoms with van der Waals surface area (Å²) in [5.41, 5.74) is 2.27. The van der Waals surface area contributed by atoms with Crippen LogP contribution in [0.25, 0.3) is 5.69 Å². The molecule has 3 heterocycles. The minimum absolute atomic E-state index is 0.785. The highest BCUT2D eigenvalue weighted by Crippen LogP contribution is 2.26. The number of thioether (sulfide) groups is 1. The van der Waals surface area contributed by atoms with Gasteiger partial charge in [0.05, 0.1) is 0 Å². The van der Waals surface area contributed by atoms with Crippen molar-refractivity contribution in [1.82, 2.24) is 19.7 Å². The predicted molar refractivity (Wildman–Crippen MR) is 102 cm³/mol. The maximum Gasteiger partial charge on any atom is 0.196 e. The molecular weight excluding hydrogens is 348 g/mol. The lowest BCUT2D eigenvalue weighted by atomic mass is 10.3. The highest BCUT2D eigenvalue weighted by molar-refractivity contribution is 7.98. The molecule has 0 atom stereocenters. The molecule has 1 aromatic carbocycles. The second kappa shape index (κ2) is 7.63. The minimum Gasteiger partial charge on any atom is -0.274 e. The Kier molecular flexibility index (Phi) is 4.90. The number of pyridine rings is 1. The monoisotopic (exact) mass is 364 g/mol. The first-order valence-corrected chi connectivity index (χ1v) is 9.80. The highest BCUT2D eigenvalue weighted by Gasteiger charge is 2.15. The van der Waals surface area contributed by atoms with Crippen LogP contribution >= 0.6 is 23.1 Å². The fourth-order valence-corrected chi connectivity index (χ4v) is 4.15. The zero-order valence-electron chi connectivity index (χ0n) is 13.4. The van der Waals surface area contributed by atoms with Crippen molar-refractivity contribution < 1.29 is 0 Å². The van der Waals surface area contributed by atoms with E-state index in [1.54, 1.807) is 29.3 Å². The van der Waals surface area contributed by atoms with Crippen molar-refractivity contribution in [2.45, 2.75) is 17.3 Å². The van der Waals surface area contributed by atoms with Gasteiger partial charge in [0.25, 0.3) is 0 Å². The lowest BCUT2D eigenvalue weighted by Crippen LogP contribution is -2.03. The summed E-state index contributed by atoms with van der Waals surface area (Å²) < 4.78 is 2.15. The maximum absolute atomic E-state index is 4.46. The molecule has 0 bridgehead atoms. The van der Waals surface area contributed by atoms with Crippen LogP contribution in [0.4, 0.5) is 0 Å². The van der Waals surface area contributed by atoms with Gasteiger partial charge in [-0.2, -0.15) is 0 Å². The van der Waals surface area contributed by atoms with Gasteiger partial charge in [-0.25, -0.2) is 0 Å². The molecule has 6 heteroatoms. The number of para-hydroxylation sites is 1. The Labute approximate surface area is 154 Å². The number of hydrogen-bond donors (Lipinski definition) is 0. The van der Waals surface area contributed by atoms with Crippen LogP contribution in [-0.2, 0) is 12.2 Å². The Balaban J connectivity index is 1.65. The number of thiophene rings is 1. The number of nitrogens with zero attached hydrogens (tertiary/aromatic N) is 4. The van der Waals surface area contributed by atoms with Gasteiger partial charge in [-0.15, -0.1) is 21.5 Å². The van der Waals surface area contributed by atoms with E-state index in [1.165, 1.54) is 10.4 Å². The first kappa shape index (κ1) is 16.1. The molecule has 4 aromatic rings. The van der Waals surface area contributed by atoms with Crippen molar-refractivity contribution in [3.63, 3.8) is 0 Å². The van der Waals surface area contributed by atoms with E-state index in [-0.39, 0.29) is 0 Å². The molecule has 0 aliphatic heterocycles. The Hall–Kier alpha value is -2.44. The largest absolute Gasteiger partial charge is 0.274 e. The normalized spacial score (nSPS) is 10.9. The van der Waals surface area contributed by atoms with Crippen LogP contribution in [0.15, 0.2) is 77.5 Å². The van der Waals surface area contributed by atoms with Crippen molar-refractivity contribution in [1.29, 1.82) is 0 Å². The highest BCUT2D eigenvalue weighted by atomic mass is 32.2. The van der Waals surface area contributed by atoms with E-state index in [9.17, 15) is 0 Å². The average Bonchev–Trinajstić information content (AvgIpc) is 3.32. The number of benzene rings is 1. The van der Waals surface area contributed by atoms with E-state index in [1.807, 2.05) is 30.5 Å². The molecular formula is C19H16N4S2. The van der Waals surface area contributed by atoms with Gasteiger partial charge in [-0.1, -0.05) is 42.1 Å². The lowest BCUT2D eigenvalue weighted by molar-refractivity contribution is 0.851. The van der Waals surface area contributed by atoms with Crippen LogP contribution < -0.4 is 0 Å². The van der Waals surface area contributed by atoms with Crippen LogP contribution in [-0.4, -0.2) is 19.7 Å². The summed E-state index contributed by atoms with van der Waals surface area (Å²) in [5.74, 6) is 1.78. The van der Waals surface area contributed by atoms with Crippen LogP contribution in [0, 0.1) is 0 Å². The number of rotatable bonds is 6. The number of hydrogen-bond acceptors (Lipinski definition) is 5. The van der Waals surface area contributed by atoms with E-state index < -0.39 is 0 Å². The van der Waals surface area contributed by atoms with Gasteiger partial charge in [0, 0.05) is 35.1 Å². The summed E-state index contributed by atoms with van der Waals surface area (Å²) in [7, 11) is 0. The summed E-state index contributed by atoms with van der Waals surface area (Å²) in [5, 5.41) is 11.9. The Morgan fingerprint density at radius 3 is 2.64 bits per heavy atom. The van der Waals surface area contributed by atoms with Crippen molar-refractivity contribution >= 4 is 23.1 Å². The third-order valence-electron chi connectivity index (χ3n) is 3.72. The Morgan fingerprint density at radius 1 is 0.960 bits per heavy atom. The van der Waals surface area contributed by atoms with E-state index in [0.29, 0.717) is 0 Å². The molecule has 3 aromatic heterocycles. The van der Waals surface area contributed by atoms with Crippen LogP contribution in [0.2, 0.25) is 0 Å². The summed E-state index contributed by atoms with van der Waals surface area (Å²) in [6, 6.07) is 18.5. The first-order chi connectivity index (χ1) is 12.4. The molecule has 0 saturated heterocycles. The SMILES string of the molecule is c1ccc(-n2c(Cc3cccs3)nnc2SCc2cccnc2)cc1. The zero-order chi connectivity index (χ0) is 16.9. The van der Waals surface area contributed by atoms with Gasteiger partial charge in [-0.3, -0.25) is 9.55 Å². The van der Waals surface area contributed by atoms with Gasteiger partial charge < -0.3 is 0 Å². The van der Waals surface area contributed by atoms with Gasteiger partial charge in [0.2, 0.25) is 0 Å². The third-order valence-corrected chi connectivity index (χ3v) is 5.59. The topological polar surface area (TPSA) is 43.6 Å². The Morgan fingerprint density at radius 2 is 1.88 bits per heavy atom. The molecule has 0 saturated carbocycles. The summed E-state index contributed by atoms with van der Waals surface area (Å²) in [6.07, 6.45) is 4.47. The molecule has 124 valence electrons. The molecule has 4 nitrogen and oxygen atoms in total. The van der Waals surface area contributed by atoms with Crippen molar-refractivity contribution in [2.75, 3.05) is 0 Å². The number of aromatic nitrogens is 4. The average molecular weight is 364 g/mol. The molecule has 0 unspecified atom stereocenters. The van der Waals surface area contributed by atoms with E-state index in [0.717, 1.165) is 28.8 Å². The zero-order valence-corrected chi connectivity index (χ0v) is 15.1. The molecule has 0 fully saturated rings. The van der Waals surface area contributed by atoms with Crippen LogP contribution in [0.1, 0.15) is 16.3 Å². The molecule has 0 aliphatic carbocycles. The Bertz CT molecular complexity index is 919.